The van der Waals surface area contributed by atoms with Crippen LogP contribution in [0.3, 0.4) is 0 Å². The second-order valence-electron chi connectivity index (χ2n) is 4.46. The van der Waals surface area contributed by atoms with E-state index in [0.717, 1.165) is 16.2 Å². The van der Waals surface area contributed by atoms with Crippen molar-refractivity contribution in [1.82, 2.24) is 10.6 Å². The summed E-state index contributed by atoms with van der Waals surface area (Å²) in [7, 11) is 0. The van der Waals surface area contributed by atoms with Crippen LogP contribution < -0.4 is 10.6 Å². The molecule has 0 aromatic carbocycles. The summed E-state index contributed by atoms with van der Waals surface area (Å²) in [5.74, 6) is -2.17. The van der Waals surface area contributed by atoms with Crippen LogP contribution >= 0.6 is 11.3 Å². The first-order chi connectivity index (χ1) is 9.60. The van der Waals surface area contributed by atoms with E-state index in [9.17, 15) is 22.8 Å². The Morgan fingerprint density at radius 2 is 1.86 bits per heavy atom. The number of aliphatic carboxylic acids is 1. The molecule has 1 aromatic rings. The van der Waals surface area contributed by atoms with Crippen molar-refractivity contribution in [1.29, 1.82) is 0 Å². The predicted octanol–water partition coefficient (Wildman–Crippen LogP) is 2.52. The van der Waals surface area contributed by atoms with Crippen molar-refractivity contribution in [2.75, 3.05) is 0 Å². The van der Waals surface area contributed by atoms with Crippen molar-refractivity contribution < 1.29 is 27.9 Å². The van der Waals surface area contributed by atoms with Crippen molar-refractivity contribution in [3.05, 3.63) is 21.9 Å². The number of halogens is 3. The molecule has 1 unspecified atom stereocenters. The summed E-state index contributed by atoms with van der Waals surface area (Å²) in [5, 5.41) is 12.3. The van der Waals surface area contributed by atoms with E-state index in [-0.39, 0.29) is 6.54 Å². The molecule has 0 aliphatic heterocycles. The van der Waals surface area contributed by atoms with E-state index in [1.165, 1.54) is 16.7 Å². The molecule has 3 N–H and O–H groups in total. The Labute approximate surface area is 123 Å². The Hall–Kier alpha value is -1.77. The number of nitrogens with one attached hydrogen (secondary N) is 2. The Morgan fingerprint density at radius 1 is 1.29 bits per heavy atom. The van der Waals surface area contributed by atoms with Gasteiger partial charge >= 0.3 is 18.2 Å². The van der Waals surface area contributed by atoms with Gasteiger partial charge in [0.25, 0.3) is 0 Å². The molecule has 5 nitrogen and oxygen atoms in total. The molecule has 118 valence electrons. The molecule has 0 saturated carbocycles. The SMILES string of the molecule is CCc1ccc(CNC(=O)NC(C)(C(=O)O)C(F)(F)F)s1. The van der Waals surface area contributed by atoms with Gasteiger partial charge in [-0.15, -0.1) is 11.3 Å². The van der Waals surface area contributed by atoms with Crippen molar-refractivity contribution in [3.63, 3.8) is 0 Å². The molecule has 9 heteroatoms. The monoisotopic (exact) mass is 324 g/mol. The number of hydrogen-bond acceptors (Lipinski definition) is 3. The molecule has 0 saturated heterocycles. The average Bonchev–Trinajstić information content (AvgIpc) is 2.82. The van der Waals surface area contributed by atoms with Gasteiger partial charge in [0.1, 0.15) is 0 Å². The largest absolute Gasteiger partial charge is 0.479 e. The van der Waals surface area contributed by atoms with Crippen molar-refractivity contribution in [2.45, 2.75) is 38.5 Å². The van der Waals surface area contributed by atoms with Gasteiger partial charge in [0.2, 0.25) is 5.54 Å². The van der Waals surface area contributed by atoms with Crippen LogP contribution in [0.15, 0.2) is 12.1 Å². The highest BCUT2D eigenvalue weighted by atomic mass is 32.1. The number of carboxylic acids is 1. The highest BCUT2D eigenvalue weighted by Crippen LogP contribution is 2.30. The third kappa shape index (κ3) is 4.10. The molecule has 1 rings (SSSR count). The summed E-state index contributed by atoms with van der Waals surface area (Å²) >= 11 is 1.42. The van der Waals surface area contributed by atoms with Crippen molar-refractivity contribution >= 4 is 23.3 Å². The zero-order valence-corrected chi connectivity index (χ0v) is 12.2. The minimum absolute atomic E-state index is 0.0318. The summed E-state index contributed by atoms with van der Waals surface area (Å²) in [5.41, 5.74) is -3.33. The molecule has 0 aliphatic carbocycles. The van der Waals surface area contributed by atoms with Gasteiger partial charge in [-0.3, -0.25) is 0 Å². The number of carbonyl (C=O) groups is 2. The van der Waals surface area contributed by atoms with E-state index in [0.29, 0.717) is 6.92 Å². The standard InChI is InChI=1S/C12H15F3N2O3S/c1-3-7-4-5-8(21-7)6-16-10(20)17-11(2,9(18)19)12(13,14)15/h4-5H,3,6H2,1-2H3,(H,18,19)(H2,16,17,20). The fraction of sp³-hybridized carbons (Fsp3) is 0.500. The van der Waals surface area contributed by atoms with E-state index >= 15 is 0 Å². The van der Waals surface area contributed by atoms with Gasteiger partial charge < -0.3 is 15.7 Å². The van der Waals surface area contributed by atoms with Crippen LogP contribution in [-0.2, 0) is 17.8 Å². The molecule has 0 spiro atoms. The van der Waals surface area contributed by atoms with Crippen LogP contribution in [0.5, 0.6) is 0 Å². The fourth-order valence-corrected chi connectivity index (χ4v) is 2.29. The van der Waals surface area contributed by atoms with Gasteiger partial charge in [-0.1, -0.05) is 6.92 Å². The average molecular weight is 324 g/mol. The Morgan fingerprint density at radius 3 is 2.29 bits per heavy atom. The molecule has 0 fully saturated rings. The van der Waals surface area contributed by atoms with E-state index in [1.54, 1.807) is 6.07 Å². The van der Waals surface area contributed by atoms with Crippen LogP contribution in [0.1, 0.15) is 23.6 Å². The molecule has 2 amide bonds. The number of rotatable bonds is 5. The molecule has 1 atom stereocenters. The molecule has 0 aliphatic rings. The minimum Gasteiger partial charge on any atom is -0.479 e. The van der Waals surface area contributed by atoms with Crippen LogP contribution in [0.4, 0.5) is 18.0 Å². The van der Waals surface area contributed by atoms with Crippen molar-refractivity contribution in [3.8, 4) is 0 Å². The first kappa shape index (κ1) is 17.3. The lowest BCUT2D eigenvalue weighted by Crippen LogP contribution is -2.63. The third-order valence-electron chi connectivity index (χ3n) is 2.85. The third-order valence-corrected chi connectivity index (χ3v) is 4.08. The lowest BCUT2D eigenvalue weighted by Gasteiger charge is -2.28. The molecule has 1 heterocycles. The van der Waals surface area contributed by atoms with Gasteiger partial charge in [0, 0.05) is 9.75 Å². The summed E-state index contributed by atoms with van der Waals surface area (Å²) in [4.78, 5) is 24.1. The number of hydrogen-bond donors (Lipinski definition) is 3. The second kappa shape index (κ2) is 6.33. The molecule has 0 radical (unpaired) electrons. The highest BCUT2D eigenvalue weighted by molar-refractivity contribution is 7.11. The van der Waals surface area contributed by atoms with Gasteiger partial charge in [0.15, 0.2) is 0 Å². The quantitative estimate of drug-likeness (QED) is 0.779. The fourth-order valence-electron chi connectivity index (χ4n) is 1.39. The first-order valence-electron chi connectivity index (χ1n) is 6.04. The van der Waals surface area contributed by atoms with Gasteiger partial charge in [-0.2, -0.15) is 13.2 Å². The number of aryl methyl sites for hydroxylation is 1. The molecular formula is C12H15F3N2O3S. The Bertz CT molecular complexity index is 530. The number of urea groups is 1. The molecular weight excluding hydrogens is 309 g/mol. The van der Waals surface area contributed by atoms with Crippen LogP contribution in [0, 0.1) is 0 Å². The highest BCUT2D eigenvalue weighted by Gasteiger charge is 2.58. The smallest absolute Gasteiger partial charge is 0.422 e. The predicted molar refractivity (Wildman–Crippen MR) is 71.2 cm³/mol. The lowest BCUT2D eigenvalue weighted by molar-refractivity contribution is -0.203. The maximum atomic E-state index is 12.7. The first-order valence-corrected chi connectivity index (χ1v) is 6.85. The summed E-state index contributed by atoms with van der Waals surface area (Å²) in [6.07, 6.45) is -4.28. The van der Waals surface area contributed by atoms with Crippen molar-refractivity contribution in [2.24, 2.45) is 0 Å². The summed E-state index contributed by atoms with van der Waals surface area (Å²) in [6.45, 7) is 2.39. The summed E-state index contributed by atoms with van der Waals surface area (Å²) in [6, 6.07) is 2.42. The Balaban J connectivity index is 2.65. The van der Waals surface area contributed by atoms with Gasteiger partial charge in [-0.05, 0) is 25.5 Å². The van der Waals surface area contributed by atoms with E-state index in [1.807, 2.05) is 13.0 Å². The number of thiophene rings is 1. The summed E-state index contributed by atoms with van der Waals surface area (Å²) < 4.78 is 38.1. The lowest BCUT2D eigenvalue weighted by atomic mass is 10.0. The topological polar surface area (TPSA) is 78.4 Å². The normalized spacial score (nSPS) is 14.3. The van der Waals surface area contributed by atoms with Crippen LogP contribution in [0.2, 0.25) is 0 Å². The van der Waals surface area contributed by atoms with Crippen LogP contribution in [-0.4, -0.2) is 28.8 Å². The number of alkyl halides is 3. The van der Waals surface area contributed by atoms with Gasteiger partial charge in [0.05, 0.1) is 6.54 Å². The Kier molecular flexibility index (Phi) is 5.21. The van der Waals surface area contributed by atoms with E-state index in [2.05, 4.69) is 5.32 Å². The second-order valence-corrected chi connectivity index (χ2v) is 5.71. The van der Waals surface area contributed by atoms with E-state index < -0.39 is 23.7 Å². The van der Waals surface area contributed by atoms with Crippen LogP contribution in [0.25, 0.3) is 0 Å². The number of carboxylic acid groups (broad SMARTS) is 1. The van der Waals surface area contributed by atoms with E-state index in [4.69, 9.17) is 5.11 Å². The zero-order valence-electron chi connectivity index (χ0n) is 11.4. The van der Waals surface area contributed by atoms with Gasteiger partial charge in [-0.25, -0.2) is 9.59 Å². The molecule has 0 bridgehead atoms. The minimum atomic E-state index is -5.10. The molecule has 21 heavy (non-hydrogen) atoms. The number of carbonyl (C=O) groups excluding carboxylic acids is 1. The zero-order chi connectivity index (χ0) is 16.3. The maximum Gasteiger partial charge on any atom is 0.422 e. The maximum absolute atomic E-state index is 12.7. The number of amides is 2. The molecule has 1 aromatic heterocycles.